The Morgan fingerprint density at radius 1 is 1.67 bits per heavy atom. The van der Waals surface area contributed by atoms with Crippen molar-refractivity contribution >= 4 is 5.97 Å². The van der Waals surface area contributed by atoms with Crippen molar-refractivity contribution in [3.05, 3.63) is 36.5 Å². The summed E-state index contributed by atoms with van der Waals surface area (Å²) in [6, 6.07) is 0. The van der Waals surface area contributed by atoms with Gasteiger partial charge in [-0.2, -0.15) is 0 Å². The van der Waals surface area contributed by atoms with Gasteiger partial charge >= 0.3 is 5.97 Å². The molecule has 1 aliphatic carbocycles. The van der Waals surface area contributed by atoms with Gasteiger partial charge in [0.25, 0.3) is 0 Å². The minimum atomic E-state index is -0.509. The van der Waals surface area contributed by atoms with Crippen molar-refractivity contribution in [2.24, 2.45) is 0 Å². The lowest BCUT2D eigenvalue weighted by Crippen LogP contribution is -2.37. The van der Waals surface area contributed by atoms with Crippen LogP contribution in [0.1, 0.15) is 33.1 Å². The largest absolute Gasteiger partial charge is 0.451 e. The Kier molecular flexibility index (Phi) is 3.51. The Labute approximate surface area is 91.3 Å². The molecule has 0 fully saturated rings. The predicted octanol–water partition coefficient (Wildman–Crippen LogP) is 3.16. The van der Waals surface area contributed by atoms with Crippen LogP contribution in [0.4, 0.5) is 0 Å². The number of hydrogen-bond donors (Lipinski definition) is 0. The van der Waals surface area contributed by atoms with Crippen molar-refractivity contribution in [3.8, 4) is 0 Å². The monoisotopic (exact) mass is 206 g/mol. The third kappa shape index (κ3) is 2.58. The molecule has 0 amide bonds. The molecule has 0 spiro atoms. The summed E-state index contributed by atoms with van der Waals surface area (Å²) < 4.78 is 5.44. The van der Waals surface area contributed by atoms with Gasteiger partial charge in [-0.15, -0.1) is 0 Å². The van der Waals surface area contributed by atoms with Gasteiger partial charge in [0.2, 0.25) is 0 Å². The highest BCUT2D eigenvalue weighted by Gasteiger charge is 2.35. The molecule has 0 aliphatic heterocycles. The van der Waals surface area contributed by atoms with E-state index in [9.17, 15) is 4.79 Å². The van der Waals surface area contributed by atoms with Crippen molar-refractivity contribution in [2.45, 2.75) is 38.7 Å². The van der Waals surface area contributed by atoms with E-state index in [0.29, 0.717) is 0 Å². The molecule has 1 aliphatic rings. The fourth-order valence-corrected chi connectivity index (χ4v) is 1.74. The van der Waals surface area contributed by atoms with E-state index in [-0.39, 0.29) is 5.97 Å². The molecule has 0 aromatic carbocycles. The van der Waals surface area contributed by atoms with E-state index >= 15 is 0 Å². The summed E-state index contributed by atoms with van der Waals surface area (Å²) in [6.45, 7) is 11.3. The fraction of sp³-hybridized carbons (Fsp3) is 0.462. The van der Waals surface area contributed by atoms with E-state index in [1.807, 2.05) is 6.92 Å². The molecule has 0 N–H and O–H groups in total. The number of carbonyl (C=O) groups is 1. The van der Waals surface area contributed by atoms with Crippen LogP contribution < -0.4 is 0 Å². The van der Waals surface area contributed by atoms with E-state index in [4.69, 9.17) is 4.74 Å². The lowest BCUT2D eigenvalue weighted by Gasteiger charge is -2.36. The maximum atomic E-state index is 11.3. The van der Waals surface area contributed by atoms with Gasteiger partial charge in [0.15, 0.2) is 0 Å². The van der Waals surface area contributed by atoms with Gasteiger partial charge in [0.1, 0.15) is 5.60 Å². The number of carbonyl (C=O) groups excluding carboxylic acids is 1. The molecule has 0 saturated heterocycles. The minimum absolute atomic E-state index is 0.369. The first-order chi connectivity index (χ1) is 7.00. The highest BCUT2D eigenvalue weighted by Crippen LogP contribution is 2.36. The SMILES string of the molecule is C=CC(=O)O[C@]1(C(=C)C)CC=C(C)CC1. The highest BCUT2D eigenvalue weighted by atomic mass is 16.6. The Morgan fingerprint density at radius 3 is 2.73 bits per heavy atom. The molecule has 1 rings (SSSR count). The van der Waals surface area contributed by atoms with Crippen LogP contribution in [0.5, 0.6) is 0 Å². The van der Waals surface area contributed by atoms with Crippen molar-refractivity contribution in [2.75, 3.05) is 0 Å². The lowest BCUT2D eigenvalue weighted by molar-refractivity contribution is -0.150. The Hall–Kier alpha value is -1.31. The van der Waals surface area contributed by atoms with E-state index < -0.39 is 5.60 Å². The first-order valence-electron chi connectivity index (χ1n) is 5.17. The summed E-state index contributed by atoms with van der Waals surface area (Å²) in [5.41, 5.74) is 1.74. The second-order valence-electron chi connectivity index (χ2n) is 4.15. The van der Waals surface area contributed by atoms with Crippen molar-refractivity contribution in [1.82, 2.24) is 0 Å². The van der Waals surface area contributed by atoms with Gasteiger partial charge in [-0.25, -0.2) is 4.79 Å². The van der Waals surface area contributed by atoms with Gasteiger partial charge in [0, 0.05) is 12.5 Å². The zero-order valence-electron chi connectivity index (χ0n) is 9.51. The van der Waals surface area contributed by atoms with Crippen molar-refractivity contribution in [3.63, 3.8) is 0 Å². The normalized spacial score (nSPS) is 25.3. The van der Waals surface area contributed by atoms with E-state index in [2.05, 4.69) is 26.2 Å². The van der Waals surface area contributed by atoms with Gasteiger partial charge in [0.05, 0.1) is 0 Å². The van der Waals surface area contributed by atoms with Gasteiger partial charge < -0.3 is 4.74 Å². The molecule has 0 radical (unpaired) electrons. The van der Waals surface area contributed by atoms with Crippen LogP contribution in [0, 0.1) is 0 Å². The quantitative estimate of drug-likeness (QED) is 0.403. The van der Waals surface area contributed by atoms with Crippen LogP contribution in [-0.2, 0) is 9.53 Å². The standard InChI is InChI=1S/C13H18O2/c1-5-12(14)15-13(10(2)3)8-6-11(4)7-9-13/h5-6H,1-2,7-9H2,3-4H3/t13-/m1/s1. The van der Waals surface area contributed by atoms with Crippen LogP contribution in [-0.4, -0.2) is 11.6 Å². The molecular weight excluding hydrogens is 188 g/mol. The average molecular weight is 206 g/mol. The van der Waals surface area contributed by atoms with Gasteiger partial charge in [-0.1, -0.05) is 24.8 Å². The Balaban J connectivity index is 2.86. The summed E-state index contributed by atoms with van der Waals surface area (Å²) in [4.78, 5) is 11.3. The highest BCUT2D eigenvalue weighted by molar-refractivity contribution is 5.81. The molecule has 1 atom stereocenters. The summed E-state index contributed by atoms with van der Waals surface area (Å²) in [5, 5.41) is 0. The molecule has 2 nitrogen and oxygen atoms in total. The first-order valence-corrected chi connectivity index (χ1v) is 5.17. The number of esters is 1. The summed E-state index contributed by atoms with van der Waals surface area (Å²) in [5.74, 6) is -0.369. The third-order valence-electron chi connectivity index (χ3n) is 2.94. The number of ether oxygens (including phenoxy) is 1. The average Bonchev–Trinajstić information content (AvgIpc) is 2.21. The van der Waals surface area contributed by atoms with Gasteiger partial charge in [-0.3, -0.25) is 0 Å². The van der Waals surface area contributed by atoms with Crippen LogP contribution >= 0.6 is 0 Å². The van der Waals surface area contributed by atoms with Crippen molar-refractivity contribution < 1.29 is 9.53 Å². The first kappa shape index (κ1) is 11.8. The fourth-order valence-electron chi connectivity index (χ4n) is 1.74. The molecule has 0 saturated carbocycles. The van der Waals surface area contributed by atoms with Crippen LogP contribution in [0.15, 0.2) is 36.5 Å². The molecule has 15 heavy (non-hydrogen) atoms. The minimum Gasteiger partial charge on any atom is -0.451 e. The van der Waals surface area contributed by atoms with Crippen molar-refractivity contribution in [1.29, 1.82) is 0 Å². The zero-order chi connectivity index (χ0) is 11.5. The molecule has 0 aromatic heterocycles. The summed E-state index contributed by atoms with van der Waals surface area (Å²) in [6.07, 6.45) is 5.83. The molecule has 0 heterocycles. The lowest BCUT2D eigenvalue weighted by atomic mass is 9.81. The second kappa shape index (κ2) is 4.47. The molecule has 0 aromatic rings. The maximum absolute atomic E-state index is 11.3. The number of rotatable bonds is 3. The molecule has 0 unspecified atom stereocenters. The van der Waals surface area contributed by atoms with Crippen LogP contribution in [0.3, 0.4) is 0 Å². The second-order valence-corrected chi connectivity index (χ2v) is 4.15. The smallest absolute Gasteiger partial charge is 0.331 e. The van der Waals surface area contributed by atoms with Gasteiger partial charge in [-0.05, 0) is 32.3 Å². The van der Waals surface area contributed by atoms with Crippen LogP contribution in [0.25, 0.3) is 0 Å². The zero-order valence-corrected chi connectivity index (χ0v) is 9.51. The third-order valence-corrected chi connectivity index (χ3v) is 2.94. The van der Waals surface area contributed by atoms with E-state index in [1.165, 1.54) is 11.6 Å². The molecule has 82 valence electrons. The Morgan fingerprint density at radius 2 is 2.33 bits per heavy atom. The Bertz CT molecular complexity index is 325. The van der Waals surface area contributed by atoms with E-state index in [0.717, 1.165) is 24.8 Å². The predicted molar refractivity (Wildman–Crippen MR) is 61.4 cm³/mol. The van der Waals surface area contributed by atoms with Crippen LogP contribution in [0.2, 0.25) is 0 Å². The summed E-state index contributed by atoms with van der Waals surface area (Å²) in [7, 11) is 0. The van der Waals surface area contributed by atoms with E-state index in [1.54, 1.807) is 0 Å². The maximum Gasteiger partial charge on any atom is 0.331 e. The number of allylic oxidation sites excluding steroid dienone is 1. The molecule has 0 bridgehead atoms. The summed E-state index contributed by atoms with van der Waals surface area (Å²) >= 11 is 0. The number of hydrogen-bond acceptors (Lipinski definition) is 2. The molecule has 2 heteroatoms. The molecular formula is C13H18O2. The topological polar surface area (TPSA) is 26.3 Å².